The van der Waals surface area contributed by atoms with Crippen LogP contribution < -0.4 is 13.7 Å². The summed E-state index contributed by atoms with van der Waals surface area (Å²) < 4.78 is 11.0. The molecule has 3 nitrogen and oxygen atoms in total. The molecule has 0 amide bonds. The molecule has 0 aromatic heterocycles. The molecule has 0 aliphatic rings. The predicted octanol–water partition coefficient (Wildman–Crippen LogP) is 3.54. The van der Waals surface area contributed by atoms with Crippen LogP contribution in [0.3, 0.4) is 0 Å². The molecule has 0 aliphatic heterocycles. The predicted molar refractivity (Wildman–Crippen MR) is 81.6 cm³/mol. The Labute approximate surface area is 118 Å². The van der Waals surface area contributed by atoms with Crippen molar-refractivity contribution >= 4 is 24.1 Å². The second-order valence-electron chi connectivity index (χ2n) is 4.14. The molecule has 102 valence electrons. The molecule has 5 heteroatoms. The van der Waals surface area contributed by atoms with E-state index in [1.165, 1.54) is 29.6 Å². The Morgan fingerprint density at radius 1 is 1.11 bits per heavy atom. The first-order valence-electron chi connectivity index (χ1n) is 5.95. The number of hydrogen-bond acceptors (Lipinski definition) is 5. The first-order valence-corrected chi connectivity index (χ1v) is 8.25. The fourth-order valence-electron chi connectivity index (χ4n) is 1.53. The molecule has 1 N–H and O–H groups in total. The van der Waals surface area contributed by atoms with E-state index < -0.39 is 0 Å². The fraction of sp³-hybridized carbons (Fsp3) is 0.538. The van der Waals surface area contributed by atoms with Crippen molar-refractivity contribution in [2.75, 3.05) is 19.1 Å². The van der Waals surface area contributed by atoms with Crippen LogP contribution in [0.1, 0.15) is 19.4 Å². The number of benzene rings is 1. The van der Waals surface area contributed by atoms with Crippen LogP contribution in [0, 0.1) is 0 Å². The molecule has 0 atom stereocenters. The quantitative estimate of drug-likeness (QED) is 0.739. The third-order valence-electron chi connectivity index (χ3n) is 2.32. The van der Waals surface area contributed by atoms with Gasteiger partial charge in [-0.2, -0.15) is 0 Å². The average molecular weight is 287 g/mol. The lowest BCUT2D eigenvalue weighted by Crippen LogP contribution is -2.24. The van der Waals surface area contributed by atoms with Gasteiger partial charge in [0.2, 0.25) is 0 Å². The van der Waals surface area contributed by atoms with Crippen molar-refractivity contribution in [1.82, 2.24) is 5.32 Å². The van der Waals surface area contributed by atoms with Crippen molar-refractivity contribution in [2.45, 2.75) is 26.3 Å². The highest BCUT2D eigenvalue weighted by Gasteiger charge is 2.07. The van der Waals surface area contributed by atoms with Crippen LogP contribution in [-0.2, 0) is 6.42 Å². The molecule has 0 radical (unpaired) electrons. The molecule has 0 saturated heterocycles. The summed E-state index contributed by atoms with van der Waals surface area (Å²) in [6.45, 7) is 5.27. The largest absolute Gasteiger partial charge is 0.422 e. The maximum atomic E-state index is 5.52. The van der Waals surface area contributed by atoms with E-state index in [-0.39, 0.29) is 0 Å². The van der Waals surface area contributed by atoms with Crippen molar-refractivity contribution in [3.63, 3.8) is 0 Å². The maximum Gasteiger partial charge on any atom is 0.181 e. The minimum Gasteiger partial charge on any atom is -0.422 e. The van der Waals surface area contributed by atoms with Crippen molar-refractivity contribution in [1.29, 1.82) is 0 Å². The van der Waals surface area contributed by atoms with Gasteiger partial charge in [0.1, 0.15) is 0 Å². The van der Waals surface area contributed by atoms with Crippen LogP contribution in [0.2, 0.25) is 0 Å². The van der Waals surface area contributed by atoms with Gasteiger partial charge < -0.3 is 13.7 Å². The molecule has 0 aliphatic carbocycles. The van der Waals surface area contributed by atoms with Gasteiger partial charge in [-0.15, -0.1) is 0 Å². The zero-order chi connectivity index (χ0) is 13.4. The molecule has 0 fully saturated rings. The van der Waals surface area contributed by atoms with Crippen LogP contribution in [0.15, 0.2) is 18.2 Å². The summed E-state index contributed by atoms with van der Waals surface area (Å²) in [5.41, 5.74) is 1.25. The van der Waals surface area contributed by atoms with Gasteiger partial charge in [-0.05, 0) is 30.7 Å². The molecule has 0 bridgehead atoms. The Morgan fingerprint density at radius 2 is 1.78 bits per heavy atom. The molecule has 1 aromatic rings. The summed E-state index contributed by atoms with van der Waals surface area (Å²) in [4.78, 5) is 0. The lowest BCUT2D eigenvalue weighted by Gasteiger charge is -2.11. The molecule has 0 saturated carbocycles. The van der Waals surface area contributed by atoms with Gasteiger partial charge in [0, 0.05) is 18.6 Å². The molecule has 0 spiro atoms. The number of rotatable bonds is 8. The zero-order valence-corrected chi connectivity index (χ0v) is 13.0. The van der Waals surface area contributed by atoms with E-state index in [1.54, 1.807) is 0 Å². The number of hydrogen-bond donors (Lipinski definition) is 1. The molecule has 1 rings (SSSR count). The van der Waals surface area contributed by atoms with E-state index in [1.807, 2.05) is 24.6 Å². The topological polar surface area (TPSA) is 30.5 Å². The van der Waals surface area contributed by atoms with E-state index in [2.05, 4.69) is 25.2 Å². The van der Waals surface area contributed by atoms with Crippen LogP contribution in [0.4, 0.5) is 0 Å². The molecular formula is C13H21NO2S2. The molecule has 1 aromatic carbocycles. The van der Waals surface area contributed by atoms with Crippen molar-refractivity contribution in [2.24, 2.45) is 0 Å². The summed E-state index contributed by atoms with van der Waals surface area (Å²) in [5, 5.41) is 3.40. The highest BCUT2D eigenvalue weighted by molar-refractivity contribution is 7.94. The van der Waals surface area contributed by atoms with Crippen molar-refractivity contribution < 1.29 is 8.37 Å². The van der Waals surface area contributed by atoms with E-state index in [4.69, 9.17) is 8.37 Å². The van der Waals surface area contributed by atoms with E-state index in [0.717, 1.165) is 24.5 Å². The summed E-state index contributed by atoms with van der Waals surface area (Å²) in [7, 11) is 0. The van der Waals surface area contributed by atoms with Crippen molar-refractivity contribution in [3.8, 4) is 11.5 Å². The first-order chi connectivity index (χ1) is 8.67. The van der Waals surface area contributed by atoms with E-state index in [9.17, 15) is 0 Å². The highest BCUT2D eigenvalue weighted by Crippen LogP contribution is 2.32. The maximum absolute atomic E-state index is 5.52. The smallest absolute Gasteiger partial charge is 0.181 e. The highest BCUT2D eigenvalue weighted by atomic mass is 32.2. The SMILES string of the molecule is CSOc1ccc(CCNC(C)C)cc1OSC. The van der Waals surface area contributed by atoms with Crippen LogP contribution >= 0.6 is 24.1 Å². The summed E-state index contributed by atoms with van der Waals surface area (Å²) in [6, 6.07) is 6.61. The third-order valence-corrected chi connectivity index (χ3v) is 3.01. The van der Waals surface area contributed by atoms with Gasteiger partial charge in [-0.3, -0.25) is 0 Å². The Bertz CT molecular complexity index is 359. The summed E-state index contributed by atoms with van der Waals surface area (Å²) in [5.74, 6) is 1.57. The first kappa shape index (κ1) is 15.5. The average Bonchev–Trinajstić information content (AvgIpc) is 2.32. The van der Waals surface area contributed by atoms with Crippen LogP contribution in [0.25, 0.3) is 0 Å². The van der Waals surface area contributed by atoms with Crippen molar-refractivity contribution in [3.05, 3.63) is 23.8 Å². The Hall–Kier alpha value is -0.520. The summed E-state index contributed by atoms with van der Waals surface area (Å²) >= 11 is 2.65. The van der Waals surface area contributed by atoms with Crippen LogP contribution in [0.5, 0.6) is 11.5 Å². The second kappa shape index (κ2) is 8.56. The minimum absolute atomic E-state index is 0.519. The minimum atomic E-state index is 0.519. The Kier molecular flexibility index (Phi) is 7.39. The standard InChI is InChI=1S/C13H21NO2S2/c1-10(2)14-8-7-11-5-6-12(15-17-3)13(9-11)16-18-4/h5-6,9-10,14H,7-8H2,1-4H3. The fourth-order valence-corrected chi connectivity index (χ4v) is 2.15. The van der Waals surface area contributed by atoms with Gasteiger partial charge in [-0.25, -0.2) is 0 Å². The molecule has 0 heterocycles. The van der Waals surface area contributed by atoms with Gasteiger partial charge in [0.25, 0.3) is 0 Å². The van der Waals surface area contributed by atoms with Gasteiger partial charge in [0.05, 0.1) is 24.1 Å². The zero-order valence-electron chi connectivity index (χ0n) is 11.4. The van der Waals surface area contributed by atoms with Crippen LogP contribution in [-0.4, -0.2) is 25.1 Å². The van der Waals surface area contributed by atoms with E-state index >= 15 is 0 Å². The third kappa shape index (κ3) is 5.42. The molecule has 18 heavy (non-hydrogen) atoms. The van der Waals surface area contributed by atoms with Gasteiger partial charge in [-0.1, -0.05) is 19.9 Å². The van der Waals surface area contributed by atoms with Gasteiger partial charge >= 0.3 is 0 Å². The van der Waals surface area contributed by atoms with E-state index in [0.29, 0.717) is 6.04 Å². The second-order valence-corrected chi connectivity index (χ2v) is 5.14. The number of nitrogens with one attached hydrogen (secondary N) is 1. The normalized spacial score (nSPS) is 10.7. The van der Waals surface area contributed by atoms with Gasteiger partial charge in [0.15, 0.2) is 11.5 Å². The molecular weight excluding hydrogens is 266 g/mol. The summed E-state index contributed by atoms with van der Waals surface area (Å²) in [6.07, 6.45) is 4.78. The molecule has 0 unspecified atom stereocenters. The lowest BCUT2D eigenvalue weighted by atomic mass is 10.1. The Balaban J connectivity index is 2.66. The lowest BCUT2D eigenvalue weighted by molar-refractivity contribution is 0.568. The Morgan fingerprint density at radius 3 is 2.39 bits per heavy atom. The monoisotopic (exact) mass is 287 g/mol.